The molecule has 0 bridgehead atoms. The van der Waals surface area contributed by atoms with Gasteiger partial charge in [-0.3, -0.25) is 0 Å². The molecule has 16 heavy (non-hydrogen) atoms. The van der Waals surface area contributed by atoms with Crippen molar-refractivity contribution in [1.82, 2.24) is 5.32 Å². The number of rotatable bonds is 4. The summed E-state index contributed by atoms with van der Waals surface area (Å²) >= 11 is 6.33. The Labute approximate surface area is 104 Å². The molecule has 2 rings (SSSR count). The summed E-state index contributed by atoms with van der Waals surface area (Å²) in [5.41, 5.74) is 0. The van der Waals surface area contributed by atoms with E-state index in [-0.39, 0.29) is 0 Å². The Morgan fingerprint density at radius 3 is 2.56 bits per heavy atom. The summed E-state index contributed by atoms with van der Waals surface area (Å²) in [7, 11) is 0. The molecule has 0 aromatic carbocycles. The van der Waals surface area contributed by atoms with E-state index >= 15 is 0 Å². The van der Waals surface area contributed by atoms with Crippen LogP contribution in [0.5, 0.6) is 0 Å². The van der Waals surface area contributed by atoms with Crippen LogP contribution >= 0.6 is 11.6 Å². The van der Waals surface area contributed by atoms with Crippen LogP contribution < -0.4 is 5.32 Å². The largest absolute Gasteiger partial charge is 0.377 e. The molecule has 94 valence electrons. The minimum atomic E-state index is 0.397. The van der Waals surface area contributed by atoms with Crippen LogP contribution in [0, 0.1) is 5.92 Å². The summed E-state index contributed by atoms with van der Waals surface area (Å²) in [5, 5.41) is 3.94. The molecule has 0 aromatic rings. The van der Waals surface area contributed by atoms with E-state index in [9.17, 15) is 0 Å². The van der Waals surface area contributed by atoms with Gasteiger partial charge in [-0.05, 0) is 44.6 Å². The highest BCUT2D eigenvalue weighted by Crippen LogP contribution is 2.28. The molecule has 2 nitrogen and oxygen atoms in total. The van der Waals surface area contributed by atoms with Gasteiger partial charge in [-0.15, -0.1) is 11.6 Å². The van der Waals surface area contributed by atoms with Gasteiger partial charge in [0.05, 0.1) is 6.10 Å². The van der Waals surface area contributed by atoms with E-state index < -0.39 is 0 Å². The van der Waals surface area contributed by atoms with E-state index in [0.29, 0.717) is 17.4 Å². The minimum absolute atomic E-state index is 0.397. The number of hydrogen-bond acceptors (Lipinski definition) is 2. The molecule has 3 atom stereocenters. The van der Waals surface area contributed by atoms with Gasteiger partial charge in [0.1, 0.15) is 0 Å². The highest BCUT2D eigenvalue weighted by molar-refractivity contribution is 6.20. The number of ether oxygens (including phenoxy) is 1. The van der Waals surface area contributed by atoms with Gasteiger partial charge < -0.3 is 10.1 Å². The van der Waals surface area contributed by atoms with Crippen LogP contribution in [0.4, 0.5) is 0 Å². The Hall–Kier alpha value is 0.210. The predicted octanol–water partition coefficient (Wildman–Crippen LogP) is 2.94. The fourth-order valence-electron chi connectivity index (χ4n) is 2.79. The molecule has 1 aliphatic carbocycles. The van der Waals surface area contributed by atoms with Gasteiger partial charge in [0.2, 0.25) is 0 Å². The van der Waals surface area contributed by atoms with E-state index in [2.05, 4.69) is 5.32 Å². The van der Waals surface area contributed by atoms with Crippen LogP contribution in [0.3, 0.4) is 0 Å². The lowest BCUT2D eigenvalue weighted by atomic mass is 9.88. The van der Waals surface area contributed by atoms with Crippen molar-refractivity contribution in [3.05, 3.63) is 0 Å². The number of nitrogens with one attached hydrogen (secondary N) is 1. The maximum absolute atomic E-state index is 6.33. The van der Waals surface area contributed by atoms with E-state index in [0.717, 1.165) is 19.7 Å². The monoisotopic (exact) mass is 245 g/mol. The van der Waals surface area contributed by atoms with Crippen LogP contribution in [0.2, 0.25) is 0 Å². The molecule has 1 saturated heterocycles. The minimum Gasteiger partial charge on any atom is -0.377 e. The average Bonchev–Trinajstić information content (AvgIpc) is 2.33. The SMILES string of the molecule is ClC1CCCCC1CNCC1CCCCO1. The molecule has 1 aliphatic heterocycles. The van der Waals surface area contributed by atoms with Gasteiger partial charge in [0.15, 0.2) is 0 Å². The van der Waals surface area contributed by atoms with Crippen LogP contribution in [0.15, 0.2) is 0 Å². The van der Waals surface area contributed by atoms with Crippen molar-refractivity contribution in [2.75, 3.05) is 19.7 Å². The molecular formula is C13H24ClNO. The Morgan fingerprint density at radius 1 is 1.00 bits per heavy atom. The third-order valence-corrected chi connectivity index (χ3v) is 4.44. The van der Waals surface area contributed by atoms with Crippen LogP contribution in [0.1, 0.15) is 44.9 Å². The molecule has 1 saturated carbocycles. The molecule has 0 spiro atoms. The maximum atomic E-state index is 6.33. The first-order chi connectivity index (χ1) is 7.86. The maximum Gasteiger partial charge on any atom is 0.0699 e. The fraction of sp³-hybridized carbons (Fsp3) is 1.00. The average molecular weight is 246 g/mol. The van der Waals surface area contributed by atoms with Gasteiger partial charge in [0.25, 0.3) is 0 Å². The van der Waals surface area contributed by atoms with Crippen molar-refractivity contribution >= 4 is 11.6 Å². The van der Waals surface area contributed by atoms with E-state index in [1.807, 2.05) is 0 Å². The van der Waals surface area contributed by atoms with Crippen molar-refractivity contribution < 1.29 is 4.74 Å². The predicted molar refractivity (Wildman–Crippen MR) is 68.1 cm³/mol. The molecule has 1 heterocycles. The first-order valence-corrected chi connectivity index (χ1v) is 7.26. The third kappa shape index (κ3) is 3.90. The topological polar surface area (TPSA) is 21.3 Å². The van der Waals surface area contributed by atoms with Gasteiger partial charge >= 0.3 is 0 Å². The Morgan fingerprint density at radius 2 is 1.81 bits per heavy atom. The van der Waals surface area contributed by atoms with Crippen molar-refractivity contribution in [2.24, 2.45) is 5.92 Å². The second-order valence-electron chi connectivity index (χ2n) is 5.21. The van der Waals surface area contributed by atoms with Gasteiger partial charge in [-0.25, -0.2) is 0 Å². The zero-order chi connectivity index (χ0) is 11.2. The molecule has 2 aliphatic rings. The zero-order valence-corrected chi connectivity index (χ0v) is 10.8. The quantitative estimate of drug-likeness (QED) is 0.769. The first kappa shape index (κ1) is 12.7. The lowest BCUT2D eigenvalue weighted by molar-refractivity contribution is 0.0163. The van der Waals surface area contributed by atoms with Crippen molar-refractivity contribution in [1.29, 1.82) is 0 Å². The summed E-state index contributed by atoms with van der Waals surface area (Å²) < 4.78 is 5.70. The van der Waals surface area contributed by atoms with E-state index in [1.165, 1.54) is 44.9 Å². The first-order valence-electron chi connectivity index (χ1n) is 6.82. The Bertz CT molecular complexity index is 194. The van der Waals surface area contributed by atoms with E-state index in [1.54, 1.807) is 0 Å². The molecule has 1 N–H and O–H groups in total. The highest BCUT2D eigenvalue weighted by Gasteiger charge is 2.23. The Balaban J connectivity index is 1.59. The second-order valence-corrected chi connectivity index (χ2v) is 5.77. The normalized spacial score (nSPS) is 36.2. The van der Waals surface area contributed by atoms with Crippen LogP contribution in [-0.4, -0.2) is 31.2 Å². The molecule has 0 radical (unpaired) electrons. The van der Waals surface area contributed by atoms with Gasteiger partial charge in [0, 0.05) is 18.5 Å². The molecule has 2 fully saturated rings. The molecule has 0 aromatic heterocycles. The second kappa shape index (κ2) is 6.83. The smallest absolute Gasteiger partial charge is 0.0699 e. The van der Waals surface area contributed by atoms with E-state index in [4.69, 9.17) is 16.3 Å². The Kier molecular flexibility index (Phi) is 5.40. The lowest BCUT2D eigenvalue weighted by Gasteiger charge is -2.29. The number of hydrogen-bond donors (Lipinski definition) is 1. The summed E-state index contributed by atoms with van der Waals surface area (Å²) in [4.78, 5) is 0. The van der Waals surface area contributed by atoms with Crippen LogP contribution in [-0.2, 0) is 4.74 Å². The van der Waals surface area contributed by atoms with Crippen molar-refractivity contribution in [3.63, 3.8) is 0 Å². The number of halogens is 1. The number of alkyl halides is 1. The zero-order valence-electron chi connectivity index (χ0n) is 10.1. The standard InChI is InChI=1S/C13H24ClNO/c14-13-7-2-1-5-11(13)9-15-10-12-6-3-4-8-16-12/h11-13,15H,1-10H2. The fourth-order valence-corrected chi connectivity index (χ4v) is 3.16. The van der Waals surface area contributed by atoms with Gasteiger partial charge in [-0.2, -0.15) is 0 Å². The summed E-state index contributed by atoms with van der Waals surface area (Å²) in [6.45, 7) is 3.04. The van der Waals surface area contributed by atoms with Gasteiger partial charge in [-0.1, -0.05) is 12.8 Å². The summed E-state index contributed by atoms with van der Waals surface area (Å²) in [6.07, 6.45) is 9.41. The van der Waals surface area contributed by atoms with Crippen molar-refractivity contribution in [3.8, 4) is 0 Å². The summed E-state index contributed by atoms with van der Waals surface area (Å²) in [5.74, 6) is 0.680. The molecule has 3 heteroatoms. The van der Waals surface area contributed by atoms with Crippen molar-refractivity contribution in [2.45, 2.75) is 56.4 Å². The van der Waals surface area contributed by atoms with Crippen LogP contribution in [0.25, 0.3) is 0 Å². The third-order valence-electron chi connectivity index (χ3n) is 3.87. The molecular weight excluding hydrogens is 222 g/mol. The molecule has 3 unspecified atom stereocenters. The summed E-state index contributed by atoms with van der Waals surface area (Å²) in [6, 6.07) is 0. The molecule has 0 amide bonds. The lowest BCUT2D eigenvalue weighted by Crippen LogP contribution is -2.37. The highest BCUT2D eigenvalue weighted by atomic mass is 35.5.